The van der Waals surface area contributed by atoms with Gasteiger partial charge in [0.15, 0.2) is 5.16 Å². The van der Waals surface area contributed by atoms with Gasteiger partial charge in [-0.05, 0) is 38.1 Å². The Kier molecular flexibility index (Phi) is 6.41. The van der Waals surface area contributed by atoms with Crippen LogP contribution in [0.25, 0.3) is 0 Å². The minimum Gasteiger partial charge on any atom is -0.472 e. The van der Waals surface area contributed by atoms with Crippen molar-refractivity contribution in [2.45, 2.75) is 49.5 Å². The number of thioether (sulfide) groups is 1. The van der Waals surface area contributed by atoms with Crippen LogP contribution < -0.4 is 0 Å². The van der Waals surface area contributed by atoms with Crippen LogP contribution in [0.4, 0.5) is 0 Å². The van der Waals surface area contributed by atoms with E-state index in [1.165, 1.54) is 0 Å². The molecule has 0 spiro atoms. The summed E-state index contributed by atoms with van der Waals surface area (Å²) in [5.74, 6) is 1.74. The van der Waals surface area contributed by atoms with Crippen molar-refractivity contribution in [1.82, 2.24) is 24.6 Å². The van der Waals surface area contributed by atoms with Gasteiger partial charge in [-0.3, -0.25) is 9.88 Å². The third kappa shape index (κ3) is 5.01. The lowest BCUT2D eigenvalue weighted by molar-refractivity contribution is 0.0934. The molecule has 0 radical (unpaired) electrons. The smallest absolute Gasteiger partial charge is 0.191 e. The van der Waals surface area contributed by atoms with Gasteiger partial charge in [0.2, 0.25) is 0 Å². The SMILES string of the molecule is CN(Cc1ccoc1)Cc1nnc(SCc2ccccn2)n1CC1CCCO1. The highest BCUT2D eigenvalue weighted by molar-refractivity contribution is 7.98. The normalized spacial score (nSPS) is 16.9. The van der Waals surface area contributed by atoms with E-state index in [0.29, 0.717) is 0 Å². The standard InChI is InChI=1S/C20H25N5O2S/c1-24(11-16-7-10-26-14-16)13-19-22-23-20(25(19)12-18-6-4-9-27-18)28-15-17-5-2-3-8-21-17/h2-3,5,7-8,10,14,18H,4,6,9,11-13,15H2,1H3. The summed E-state index contributed by atoms with van der Waals surface area (Å²) >= 11 is 1.67. The van der Waals surface area contributed by atoms with Crippen molar-refractivity contribution < 1.29 is 9.15 Å². The Hall–Kier alpha value is -2.16. The largest absolute Gasteiger partial charge is 0.472 e. The van der Waals surface area contributed by atoms with Crippen LogP contribution >= 0.6 is 11.8 Å². The summed E-state index contributed by atoms with van der Waals surface area (Å²) < 4.78 is 13.3. The summed E-state index contributed by atoms with van der Waals surface area (Å²) in [7, 11) is 2.08. The molecule has 0 N–H and O–H groups in total. The first-order valence-corrected chi connectivity index (χ1v) is 10.5. The number of hydrogen-bond donors (Lipinski definition) is 0. The van der Waals surface area contributed by atoms with Gasteiger partial charge in [-0.1, -0.05) is 17.8 Å². The monoisotopic (exact) mass is 399 g/mol. The number of furan rings is 1. The average molecular weight is 400 g/mol. The minimum atomic E-state index is 0.239. The van der Waals surface area contributed by atoms with Gasteiger partial charge < -0.3 is 13.7 Å². The second-order valence-corrected chi connectivity index (χ2v) is 8.00. The van der Waals surface area contributed by atoms with E-state index in [1.54, 1.807) is 24.3 Å². The average Bonchev–Trinajstić information content (AvgIpc) is 3.46. The summed E-state index contributed by atoms with van der Waals surface area (Å²) in [6, 6.07) is 7.97. The topological polar surface area (TPSA) is 69.2 Å². The maximum atomic E-state index is 5.87. The molecule has 148 valence electrons. The maximum Gasteiger partial charge on any atom is 0.191 e. The Balaban J connectivity index is 1.47. The predicted octanol–water partition coefficient (Wildman–Crippen LogP) is 3.37. The lowest BCUT2D eigenvalue weighted by Gasteiger charge is -2.18. The van der Waals surface area contributed by atoms with Crippen molar-refractivity contribution in [2.24, 2.45) is 0 Å². The van der Waals surface area contributed by atoms with E-state index in [9.17, 15) is 0 Å². The van der Waals surface area contributed by atoms with Gasteiger partial charge in [0.05, 0.1) is 37.4 Å². The highest BCUT2D eigenvalue weighted by atomic mass is 32.2. The van der Waals surface area contributed by atoms with Crippen LogP contribution in [0, 0.1) is 0 Å². The molecule has 4 heterocycles. The molecule has 0 saturated carbocycles. The van der Waals surface area contributed by atoms with Gasteiger partial charge >= 0.3 is 0 Å². The summed E-state index contributed by atoms with van der Waals surface area (Å²) in [5, 5.41) is 9.89. The molecule has 1 aliphatic rings. The first-order chi connectivity index (χ1) is 13.8. The molecule has 3 aromatic heterocycles. The molecule has 1 saturated heterocycles. The summed E-state index contributed by atoms with van der Waals surface area (Å²) in [6.07, 6.45) is 7.76. The number of rotatable bonds is 9. The molecule has 0 aliphatic carbocycles. The number of pyridine rings is 1. The van der Waals surface area contributed by atoms with E-state index in [4.69, 9.17) is 9.15 Å². The second kappa shape index (κ2) is 9.36. The molecule has 1 atom stereocenters. The van der Waals surface area contributed by atoms with Gasteiger partial charge in [-0.2, -0.15) is 0 Å². The van der Waals surface area contributed by atoms with E-state index < -0.39 is 0 Å². The van der Waals surface area contributed by atoms with E-state index in [0.717, 1.165) is 67.1 Å². The summed E-state index contributed by atoms with van der Waals surface area (Å²) in [6.45, 7) is 3.17. The predicted molar refractivity (Wildman–Crippen MR) is 107 cm³/mol. The molecular weight excluding hydrogens is 374 g/mol. The number of hydrogen-bond acceptors (Lipinski definition) is 7. The molecule has 8 heteroatoms. The van der Waals surface area contributed by atoms with Crippen LogP contribution in [-0.4, -0.2) is 44.4 Å². The first-order valence-electron chi connectivity index (χ1n) is 9.54. The molecule has 7 nitrogen and oxygen atoms in total. The fourth-order valence-corrected chi connectivity index (χ4v) is 4.21. The molecule has 0 bridgehead atoms. The van der Waals surface area contributed by atoms with Crippen LogP contribution in [0.3, 0.4) is 0 Å². The van der Waals surface area contributed by atoms with Gasteiger partial charge in [-0.25, -0.2) is 0 Å². The Morgan fingerprint density at radius 3 is 2.96 bits per heavy atom. The Bertz CT molecular complexity index is 847. The molecular formula is C20H25N5O2S. The summed E-state index contributed by atoms with van der Waals surface area (Å²) in [4.78, 5) is 6.62. The summed E-state index contributed by atoms with van der Waals surface area (Å²) in [5.41, 5.74) is 2.19. The van der Waals surface area contributed by atoms with Crippen molar-refractivity contribution in [3.63, 3.8) is 0 Å². The third-order valence-electron chi connectivity index (χ3n) is 4.72. The zero-order chi connectivity index (χ0) is 19.2. The van der Waals surface area contributed by atoms with Crippen LogP contribution in [0.2, 0.25) is 0 Å². The number of nitrogens with zero attached hydrogens (tertiary/aromatic N) is 5. The minimum absolute atomic E-state index is 0.239. The van der Waals surface area contributed by atoms with Crippen molar-refractivity contribution in [3.05, 3.63) is 60.1 Å². The third-order valence-corrected chi connectivity index (χ3v) is 5.72. The van der Waals surface area contributed by atoms with Crippen molar-refractivity contribution in [2.75, 3.05) is 13.7 Å². The van der Waals surface area contributed by atoms with E-state index in [2.05, 4.69) is 31.7 Å². The molecule has 0 amide bonds. The fraction of sp³-hybridized carbons (Fsp3) is 0.450. The van der Waals surface area contributed by atoms with Crippen LogP contribution in [0.1, 0.15) is 29.9 Å². The lowest BCUT2D eigenvalue weighted by Crippen LogP contribution is -2.23. The molecule has 0 aromatic carbocycles. The molecule has 4 rings (SSSR count). The van der Waals surface area contributed by atoms with E-state index in [-0.39, 0.29) is 6.10 Å². The quantitative estimate of drug-likeness (QED) is 0.511. The van der Waals surface area contributed by atoms with Gasteiger partial charge in [0.25, 0.3) is 0 Å². The first kappa shape index (κ1) is 19.2. The van der Waals surface area contributed by atoms with Crippen molar-refractivity contribution in [1.29, 1.82) is 0 Å². The van der Waals surface area contributed by atoms with Gasteiger partial charge in [0.1, 0.15) is 5.82 Å². The van der Waals surface area contributed by atoms with Gasteiger partial charge in [-0.15, -0.1) is 10.2 Å². The number of ether oxygens (including phenoxy) is 1. The number of aromatic nitrogens is 4. The zero-order valence-electron chi connectivity index (χ0n) is 16.0. The fourth-order valence-electron chi connectivity index (χ4n) is 3.33. The molecule has 28 heavy (non-hydrogen) atoms. The molecule has 1 unspecified atom stereocenters. The zero-order valence-corrected chi connectivity index (χ0v) is 16.8. The Morgan fingerprint density at radius 1 is 1.25 bits per heavy atom. The molecule has 1 fully saturated rings. The highest BCUT2D eigenvalue weighted by Gasteiger charge is 2.21. The second-order valence-electron chi connectivity index (χ2n) is 7.06. The van der Waals surface area contributed by atoms with Crippen molar-refractivity contribution >= 4 is 11.8 Å². The molecule has 1 aliphatic heterocycles. The van der Waals surface area contributed by atoms with E-state index >= 15 is 0 Å². The lowest BCUT2D eigenvalue weighted by atomic mass is 10.2. The Labute approximate surface area is 169 Å². The molecule has 3 aromatic rings. The van der Waals surface area contributed by atoms with Crippen LogP contribution in [0.15, 0.2) is 52.6 Å². The van der Waals surface area contributed by atoms with Gasteiger partial charge in [0, 0.05) is 30.7 Å². The maximum absolute atomic E-state index is 5.87. The van der Waals surface area contributed by atoms with Crippen LogP contribution in [0.5, 0.6) is 0 Å². The van der Waals surface area contributed by atoms with E-state index in [1.807, 2.05) is 30.5 Å². The highest BCUT2D eigenvalue weighted by Crippen LogP contribution is 2.24. The van der Waals surface area contributed by atoms with Crippen LogP contribution in [-0.2, 0) is 30.1 Å². The Morgan fingerprint density at radius 2 is 2.21 bits per heavy atom. The van der Waals surface area contributed by atoms with Crippen molar-refractivity contribution in [3.8, 4) is 0 Å².